The zero-order valence-corrected chi connectivity index (χ0v) is 12.3. The van der Waals surface area contributed by atoms with Gasteiger partial charge in [0, 0.05) is 0 Å². The predicted molar refractivity (Wildman–Crippen MR) is 74.6 cm³/mol. The second kappa shape index (κ2) is 14.6. The Morgan fingerprint density at radius 2 is 1.20 bits per heavy atom. The van der Waals surface area contributed by atoms with E-state index in [4.69, 9.17) is 15.6 Å². The molecule has 3 N–H and O–H groups in total. The van der Waals surface area contributed by atoms with Gasteiger partial charge in [0.25, 0.3) is 0 Å². The van der Waals surface area contributed by atoms with Crippen molar-refractivity contribution >= 4 is 5.97 Å². The minimum atomic E-state index is -5.08. The molecule has 0 fully saturated rings. The summed E-state index contributed by atoms with van der Waals surface area (Å²) in [4.78, 5) is 8.90. The molecule has 0 aliphatic rings. The lowest BCUT2D eigenvalue weighted by molar-refractivity contribution is -0.192. The predicted octanol–water partition coefficient (Wildman–Crippen LogP) is 4.50. The molecule has 0 aliphatic carbocycles. The van der Waals surface area contributed by atoms with Gasteiger partial charge in [-0.15, -0.1) is 0 Å². The summed E-state index contributed by atoms with van der Waals surface area (Å²) in [7, 11) is 0. The van der Waals surface area contributed by atoms with E-state index in [0.29, 0.717) is 0 Å². The number of hydrogen-bond acceptors (Lipinski definition) is 2. The third-order valence-electron chi connectivity index (χ3n) is 2.80. The van der Waals surface area contributed by atoms with Gasteiger partial charge in [0.05, 0.1) is 0 Å². The number of unbranched alkanes of at least 4 members (excludes halogenated alkanes) is 9. The first-order chi connectivity index (χ1) is 9.36. The van der Waals surface area contributed by atoms with Crippen molar-refractivity contribution in [2.45, 2.75) is 77.3 Å². The van der Waals surface area contributed by atoms with Crippen LogP contribution in [0.2, 0.25) is 0 Å². The molecule has 0 rings (SSSR count). The van der Waals surface area contributed by atoms with Crippen LogP contribution in [0.1, 0.15) is 71.1 Å². The van der Waals surface area contributed by atoms with Gasteiger partial charge in [-0.2, -0.15) is 13.2 Å². The van der Waals surface area contributed by atoms with Gasteiger partial charge < -0.3 is 10.8 Å². The van der Waals surface area contributed by atoms with Crippen LogP contribution < -0.4 is 5.73 Å². The number of carboxylic acid groups (broad SMARTS) is 1. The van der Waals surface area contributed by atoms with Gasteiger partial charge in [-0.1, -0.05) is 64.7 Å². The summed E-state index contributed by atoms with van der Waals surface area (Å²) in [6, 6.07) is 0. The van der Waals surface area contributed by atoms with E-state index in [-0.39, 0.29) is 0 Å². The van der Waals surface area contributed by atoms with Crippen LogP contribution in [-0.2, 0) is 4.79 Å². The van der Waals surface area contributed by atoms with Gasteiger partial charge in [-0.05, 0) is 13.0 Å². The fourth-order valence-electron chi connectivity index (χ4n) is 1.63. The molecule has 0 bridgehead atoms. The van der Waals surface area contributed by atoms with E-state index < -0.39 is 12.1 Å². The number of aliphatic carboxylic acids is 1. The van der Waals surface area contributed by atoms with Crippen LogP contribution in [0.4, 0.5) is 13.2 Å². The first-order valence-corrected chi connectivity index (χ1v) is 7.36. The molecule has 0 aromatic heterocycles. The zero-order chi connectivity index (χ0) is 15.9. The molecule has 3 nitrogen and oxygen atoms in total. The highest BCUT2D eigenvalue weighted by atomic mass is 19.4. The lowest BCUT2D eigenvalue weighted by Gasteiger charge is -2.00. The molecular formula is C14H28F3NO2. The van der Waals surface area contributed by atoms with Crippen LogP contribution >= 0.6 is 0 Å². The second-order valence-electron chi connectivity index (χ2n) is 4.77. The molecule has 122 valence electrons. The van der Waals surface area contributed by atoms with Crippen LogP contribution in [0.3, 0.4) is 0 Å². The topological polar surface area (TPSA) is 63.3 Å². The smallest absolute Gasteiger partial charge is 0.475 e. The quantitative estimate of drug-likeness (QED) is 0.584. The van der Waals surface area contributed by atoms with Crippen molar-refractivity contribution in [2.24, 2.45) is 5.73 Å². The second-order valence-corrected chi connectivity index (χ2v) is 4.77. The number of carbonyl (C=O) groups is 1. The Balaban J connectivity index is 0. The fourth-order valence-corrected chi connectivity index (χ4v) is 1.63. The van der Waals surface area contributed by atoms with Gasteiger partial charge in [0.15, 0.2) is 0 Å². The summed E-state index contributed by atoms with van der Waals surface area (Å²) in [6.07, 6.45) is 8.85. The van der Waals surface area contributed by atoms with Gasteiger partial charge >= 0.3 is 12.1 Å². The maximum absolute atomic E-state index is 10.6. The van der Waals surface area contributed by atoms with Gasteiger partial charge in [0.2, 0.25) is 0 Å². The summed E-state index contributed by atoms with van der Waals surface area (Å²) in [5.74, 6) is -2.76. The van der Waals surface area contributed by atoms with Crippen molar-refractivity contribution in [3.63, 3.8) is 0 Å². The van der Waals surface area contributed by atoms with Crippen molar-refractivity contribution in [3.8, 4) is 0 Å². The molecule has 0 aromatic carbocycles. The first-order valence-electron chi connectivity index (χ1n) is 7.36. The van der Waals surface area contributed by atoms with Crippen LogP contribution in [0, 0.1) is 0 Å². The standard InChI is InChI=1S/C12H27N.C2HF3O2/c1-2-3-4-5-6-7-8-9-10-11-12-13;3-2(4,5)1(6)7/h2-13H2,1H3;(H,6,7). The van der Waals surface area contributed by atoms with E-state index in [9.17, 15) is 13.2 Å². The SMILES string of the molecule is CCCCCCCCCCCCN.O=C(O)C(F)(F)F. The van der Waals surface area contributed by atoms with E-state index in [0.717, 1.165) is 6.54 Å². The lowest BCUT2D eigenvalue weighted by atomic mass is 10.1. The maximum atomic E-state index is 10.6. The molecule has 0 unspecified atom stereocenters. The lowest BCUT2D eigenvalue weighted by Crippen LogP contribution is -2.21. The van der Waals surface area contributed by atoms with Crippen molar-refractivity contribution in [2.75, 3.05) is 6.54 Å². The Morgan fingerprint density at radius 1 is 0.900 bits per heavy atom. The normalized spacial score (nSPS) is 10.8. The van der Waals surface area contributed by atoms with Crippen LogP contribution in [-0.4, -0.2) is 23.8 Å². The van der Waals surface area contributed by atoms with Crippen LogP contribution in [0.5, 0.6) is 0 Å². The Labute approximate surface area is 119 Å². The fraction of sp³-hybridized carbons (Fsp3) is 0.929. The minimum Gasteiger partial charge on any atom is -0.475 e. The van der Waals surface area contributed by atoms with Crippen molar-refractivity contribution < 1.29 is 23.1 Å². The molecule has 0 aliphatic heterocycles. The average Bonchev–Trinajstić information content (AvgIpc) is 2.36. The Kier molecular flexibility index (Phi) is 15.7. The third kappa shape index (κ3) is 19.6. The summed E-state index contributed by atoms with van der Waals surface area (Å²) in [5.41, 5.74) is 5.42. The monoisotopic (exact) mass is 299 g/mol. The molecule has 20 heavy (non-hydrogen) atoms. The molecule has 0 saturated carbocycles. The highest BCUT2D eigenvalue weighted by Gasteiger charge is 2.38. The van der Waals surface area contributed by atoms with E-state index in [1.165, 1.54) is 64.2 Å². The van der Waals surface area contributed by atoms with Gasteiger partial charge in [-0.3, -0.25) is 0 Å². The number of alkyl halides is 3. The van der Waals surface area contributed by atoms with Crippen LogP contribution in [0.25, 0.3) is 0 Å². The van der Waals surface area contributed by atoms with E-state index in [1.54, 1.807) is 0 Å². The molecule has 0 amide bonds. The molecule has 0 radical (unpaired) electrons. The Morgan fingerprint density at radius 3 is 1.45 bits per heavy atom. The molecule has 0 atom stereocenters. The Hall–Kier alpha value is -0.780. The van der Waals surface area contributed by atoms with Gasteiger partial charge in [0.1, 0.15) is 0 Å². The number of carboxylic acids is 1. The number of rotatable bonds is 10. The molecule has 6 heteroatoms. The van der Waals surface area contributed by atoms with Crippen molar-refractivity contribution in [1.82, 2.24) is 0 Å². The minimum absolute atomic E-state index is 0.872. The van der Waals surface area contributed by atoms with E-state index in [2.05, 4.69) is 6.92 Å². The maximum Gasteiger partial charge on any atom is 0.490 e. The summed E-state index contributed by atoms with van der Waals surface area (Å²) in [6.45, 7) is 3.14. The van der Waals surface area contributed by atoms with E-state index >= 15 is 0 Å². The zero-order valence-electron chi connectivity index (χ0n) is 12.3. The molecule has 0 heterocycles. The largest absolute Gasteiger partial charge is 0.490 e. The van der Waals surface area contributed by atoms with Crippen molar-refractivity contribution in [1.29, 1.82) is 0 Å². The molecular weight excluding hydrogens is 271 g/mol. The third-order valence-corrected chi connectivity index (χ3v) is 2.80. The van der Waals surface area contributed by atoms with Gasteiger partial charge in [-0.25, -0.2) is 4.79 Å². The molecule has 0 spiro atoms. The van der Waals surface area contributed by atoms with Crippen LogP contribution in [0.15, 0.2) is 0 Å². The first kappa shape index (κ1) is 21.5. The number of nitrogens with two attached hydrogens (primary N) is 1. The summed E-state index contributed by atoms with van der Waals surface area (Å²) >= 11 is 0. The number of halogens is 3. The highest BCUT2D eigenvalue weighted by molar-refractivity contribution is 5.73. The highest BCUT2D eigenvalue weighted by Crippen LogP contribution is 2.13. The average molecular weight is 299 g/mol. The Bertz CT molecular complexity index is 211. The number of hydrogen-bond donors (Lipinski definition) is 2. The van der Waals surface area contributed by atoms with Crippen molar-refractivity contribution in [3.05, 3.63) is 0 Å². The van der Waals surface area contributed by atoms with E-state index in [1.807, 2.05) is 0 Å². The summed E-state index contributed by atoms with van der Waals surface area (Å²) in [5, 5.41) is 7.12. The molecule has 0 aromatic rings. The summed E-state index contributed by atoms with van der Waals surface area (Å²) < 4.78 is 31.7. The molecule has 0 saturated heterocycles.